The van der Waals surface area contributed by atoms with Crippen LogP contribution >= 0.6 is 11.3 Å². The molecule has 1 saturated heterocycles. The van der Waals surface area contributed by atoms with Crippen LogP contribution in [0.3, 0.4) is 0 Å². The normalized spacial score (nSPS) is 24.6. The number of carboxylic acid groups (broad SMARTS) is 1. The molecule has 1 N–H and O–H groups in total. The highest BCUT2D eigenvalue weighted by Gasteiger charge is 2.35. The maximum Gasteiger partial charge on any atom is 0.326 e. The van der Waals surface area contributed by atoms with Gasteiger partial charge in [0.2, 0.25) is 0 Å². The zero-order valence-electron chi connectivity index (χ0n) is 9.50. The quantitative estimate of drug-likeness (QED) is 0.867. The molecular formula is C11H14N2O3S. The first-order valence-corrected chi connectivity index (χ1v) is 6.46. The molecule has 0 aromatic carbocycles. The van der Waals surface area contributed by atoms with Crippen molar-refractivity contribution in [1.82, 2.24) is 9.88 Å². The summed E-state index contributed by atoms with van der Waals surface area (Å²) in [6, 6.07) is -0.715. The third-order valence-electron chi connectivity index (χ3n) is 3.06. The number of likely N-dealkylation sites (tertiary alicyclic amines) is 1. The second kappa shape index (κ2) is 4.83. The fraction of sp³-hybridized carbons (Fsp3) is 0.545. The lowest BCUT2D eigenvalue weighted by atomic mass is 9.92. The summed E-state index contributed by atoms with van der Waals surface area (Å²) < 4.78 is 0. The van der Waals surface area contributed by atoms with Gasteiger partial charge in [-0.15, -0.1) is 11.3 Å². The van der Waals surface area contributed by atoms with Crippen LogP contribution < -0.4 is 0 Å². The number of carbonyl (C=O) groups excluding carboxylic acids is 1. The minimum Gasteiger partial charge on any atom is -0.480 e. The first-order valence-electron chi connectivity index (χ1n) is 5.51. The first kappa shape index (κ1) is 12.0. The second-order valence-electron chi connectivity index (χ2n) is 4.36. The van der Waals surface area contributed by atoms with E-state index in [1.165, 1.54) is 16.2 Å². The number of carboxylic acids is 1. The molecule has 6 heteroatoms. The van der Waals surface area contributed by atoms with Gasteiger partial charge in [0.05, 0.1) is 5.51 Å². The van der Waals surface area contributed by atoms with E-state index >= 15 is 0 Å². The van der Waals surface area contributed by atoms with Crippen molar-refractivity contribution in [3.63, 3.8) is 0 Å². The molecule has 17 heavy (non-hydrogen) atoms. The van der Waals surface area contributed by atoms with Gasteiger partial charge >= 0.3 is 5.97 Å². The molecule has 0 bridgehead atoms. The fourth-order valence-electron chi connectivity index (χ4n) is 2.08. The van der Waals surface area contributed by atoms with Gasteiger partial charge in [0, 0.05) is 11.9 Å². The van der Waals surface area contributed by atoms with Crippen molar-refractivity contribution >= 4 is 23.2 Å². The molecule has 2 rings (SSSR count). The molecule has 1 amide bonds. The summed E-state index contributed by atoms with van der Waals surface area (Å²) in [6.07, 6.45) is 1.37. The summed E-state index contributed by atoms with van der Waals surface area (Å²) in [4.78, 5) is 28.6. The zero-order valence-corrected chi connectivity index (χ0v) is 10.3. The Hall–Kier alpha value is -1.43. The maximum atomic E-state index is 12.1. The molecule has 0 aliphatic carbocycles. The van der Waals surface area contributed by atoms with Crippen LogP contribution in [0.4, 0.5) is 0 Å². The molecule has 1 aliphatic rings. The molecule has 1 fully saturated rings. The minimum absolute atomic E-state index is 0.273. The van der Waals surface area contributed by atoms with Crippen molar-refractivity contribution in [3.05, 3.63) is 16.6 Å². The van der Waals surface area contributed by atoms with E-state index in [2.05, 4.69) is 4.98 Å². The number of aliphatic carboxylic acids is 1. The number of carbonyl (C=O) groups is 2. The number of nitrogens with zero attached hydrogens (tertiary/aromatic N) is 2. The molecule has 1 aromatic rings. The van der Waals surface area contributed by atoms with Gasteiger partial charge in [0.15, 0.2) is 0 Å². The third kappa shape index (κ3) is 2.46. The Morgan fingerprint density at radius 1 is 1.59 bits per heavy atom. The van der Waals surface area contributed by atoms with Gasteiger partial charge in [-0.3, -0.25) is 4.79 Å². The zero-order chi connectivity index (χ0) is 12.4. The molecule has 92 valence electrons. The van der Waals surface area contributed by atoms with Crippen LogP contribution in [0.5, 0.6) is 0 Å². The van der Waals surface area contributed by atoms with Crippen LogP contribution in [-0.4, -0.2) is 39.5 Å². The van der Waals surface area contributed by atoms with E-state index in [9.17, 15) is 9.59 Å². The molecule has 2 atom stereocenters. The van der Waals surface area contributed by atoms with E-state index in [0.29, 0.717) is 24.6 Å². The average molecular weight is 254 g/mol. The molecule has 5 nitrogen and oxygen atoms in total. The van der Waals surface area contributed by atoms with E-state index in [4.69, 9.17) is 5.11 Å². The Bertz CT molecular complexity index is 418. The van der Waals surface area contributed by atoms with E-state index in [1.807, 2.05) is 6.92 Å². The van der Waals surface area contributed by atoms with E-state index in [0.717, 1.165) is 6.42 Å². The van der Waals surface area contributed by atoms with E-state index < -0.39 is 12.0 Å². The van der Waals surface area contributed by atoms with Crippen LogP contribution in [0.25, 0.3) is 0 Å². The predicted octanol–water partition coefficient (Wildman–Crippen LogP) is 1.47. The molecule has 0 saturated carbocycles. The summed E-state index contributed by atoms with van der Waals surface area (Å²) in [5.41, 5.74) is 1.92. The largest absolute Gasteiger partial charge is 0.480 e. The molecule has 0 radical (unpaired) electrons. The summed E-state index contributed by atoms with van der Waals surface area (Å²) in [5.74, 6) is -0.860. The number of amides is 1. The lowest BCUT2D eigenvalue weighted by molar-refractivity contribution is -0.144. The molecule has 1 aromatic heterocycles. The molecule has 2 heterocycles. The highest BCUT2D eigenvalue weighted by Crippen LogP contribution is 2.24. The number of piperidine rings is 1. The summed E-state index contributed by atoms with van der Waals surface area (Å²) in [7, 11) is 0. The fourth-order valence-corrected chi connectivity index (χ4v) is 2.61. The minimum atomic E-state index is -0.930. The Balaban J connectivity index is 2.18. The average Bonchev–Trinajstić information content (AvgIpc) is 2.81. The Morgan fingerprint density at radius 3 is 2.94 bits per heavy atom. The highest BCUT2D eigenvalue weighted by atomic mass is 32.1. The Morgan fingerprint density at radius 2 is 2.35 bits per heavy atom. The van der Waals surface area contributed by atoms with E-state index in [-0.39, 0.29) is 5.91 Å². The standard InChI is InChI=1S/C11H14N2O3S/c1-7-2-3-13(9(4-7)11(15)16)10(14)8-5-17-6-12-8/h5-7,9H,2-4H2,1H3,(H,15,16). The number of aromatic nitrogens is 1. The van der Waals surface area contributed by atoms with E-state index in [1.54, 1.807) is 10.9 Å². The van der Waals surface area contributed by atoms with Gasteiger partial charge in [-0.1, -0.05) is 6.92 Å². The van der Waals surface area contributed by atoms with Crippen molar-refractivity contribution in [2.45, 2.75) is 25.8 Å². The van der Waals surface area contributed by atoms with Crippen LogP contribution in [0.2, 0.25) is 0 Å². The smallest absolute Gasteiger partial charge is 0.326 e. The Kier molecular flexibility index (Phi) is 3.42. The number of hydrogen-bond donors (Lipinski definition) is 1. The van der Waals surface area contributed by atoms with Gasteiger partial charge < -0.3 is 10.0 Å². The van der Waals surface area contributed by atoms with Crippen molar-refractivity contribution in [1.29, 1.82) is 0 Å². The third-order valence-corrected chi connectivity index (χ3v) is 3.65. The monoisotopic (exact) mass is 254 g/mol. The first-order chi connectivity index (χ1) is 8.09. The highest BCUT2D eigenvalue weighted by molar-refractivity contribution is 7.07. The lowest BCUT2D eigenvalue weighted by Crippen LogP contribution is -2.49. The van der Waals surface area contributed by atoms with Crippen LogP contribution in [-0.2, 0) is 4.79 Å². The van der Waals surface area contributed by atoms with Gasteiger partial charge in [-0.25, -0.2) is 9.78 Å². The number of thiazole rings is 1. The molecule has 1 aliphatic heterocycles. The SMILES string of the molecule is CC1CCN(C(=O)c2cscn2)C(C(=O)O)C1. The molecular weight excluding hydrogens is 240 g/mol. The van der Waals surface area contributed by atoms with Crippen LogP contribution in [0.1, 0.15) is 30.3 Å². The van der Waals surface area contributed by atoms with Crippen LogP contribution in [0, 0.1) is 5.92 Å². The maximum absolute atomic E-state index is 12.1. The van der Waals surface area contributed by atoms with Gasteiger partial charge in [-0.2, -0.15) is 0 Å². The van der Waals surface area contributed by atoms with Crippen molar-refractivity contribution in [2.24, 2.45) is 5.92 Å². The molecule has 0 spiro atoms. The van der Waals surface area contributed by atoms with Gasteiger partial charge in [-0.05, 0) is 18.8 Å². The van der Waals surface area contributed by atoms with Gasteiger partial charge in [0.1, 0.15) is 11.7 Å². The summed E-state index contributed by atoms with van der Waals surface area (Å²) in [6.45, 7) is 2.51. The predicted molar refractivity (Wildman–Crippen MR) is 63.0 cm³/mol. The number of rotatable bonds is 2. The van der Waals surface area contributed by atoms with Crippen molar-refractivity contribution in [3.8, 4) is 0 Å². The summed E-state index contributed by atoms with van der Waals surface area (Å²) >= 11 is 1.34. The summed E-state index contributed by atoms with van der Waals surface area (Å²) in [5, 5.41) is 10.8. The van der Waals surface area contributed by atoms with Crippen molar-refractivity contribution in [2.75, 3.05) is 6.54 Å². The topological polar surface area (TPSA) is 70.5 Å². The lowest BCUT2D eigenvalue weighted by Gasteiger charge is -2.35. The number of hydrogen-bond acceptors (Lipinski definition) is 4. The molecule has 2 unspecified atom stereocenters. The van der Waals surface area contributed by atoms with Crippen LogP contribution in [0.15, 0.2) is 10.9 Å². The Labute approximate surface area is 103 Å². The second-order valence-corrected chi connectivity index (χ2v) is 5.07. The van der Waals surface area contributed by atoms with Crippen molar-refractivity contribution < 1.29 is 14.7 Å². The van der Waals surface area contributed by atoms with Gasteiger partial charge in [0.25, 0.3) is 5.91 Å².